The molecule has 0 bridgehead atoms. The molecule has 2 N–H and O–H groups in total. The van der Waals surface area contributed by atoms with E-state index in [0.717, 1.165) is 12.0 Å². The molecule has 2 rings (SSSR count). The lowest BCUT2D eigenvalue weighted by Gasteiger charge is -2.27. The molecule has 0 aliphatic heterocycles. The molecule has 3 nitrogen and oxygen atoms in total. The number of nitrogens with one attached hydrogen (secondary N) is 1. The van der Waals surface area contributed by atoms with Crippen molar-refractivity contribution in [1.82, 2.24) is 5.32 Å². The number of benzene rings is 1. The number of aliphatic carboxylic acids is 1. The first kappa shape index (κ1) is 19.8. The summed E-state index contributed by atoms with van der Waals surface area (Å²) in [4.78, 5) is 10.3. The van der Waals surface area contributed by atoms with Crippen molar-refractivity contribution in [1.29, 1.82) is 0 Å². The van der Waals surface area contributed by atoms with Crippen molar-refractivity contribution in [3.8, 4) is 0 Å². The molecule has 0 heterocycles. The summed E-state index contributed by atoms with van der Waals surface area (Å²) in [6, 6.07) is 11.5. The molecular weight excluding hydrogens is 327 g/mol. The predicted molar refractivity (Wildman–Crippen MR) is 85.7 cm³/mol. The van der Waals surface area contributed by atoms with Gasteiger partial charge < -0.3 is 10.4 Å². The van der Waals surface area contributed by atoms with Crippen LogP contribution in [0.4, 0.5) is 13.2 Å². The quantitative estimate of drug-likeness (QED) is 0.800. The summed E-state index contributed by atoms with van der Waals surface area (Å²) in [6.07, 6.45) is 0.420. The van der Waals surface area contributed by atoms with Crippen LogP contribution >= 0.6 is 11.8 Å². The first-order valence-electron chi connectivity index (χ1n) is 7.48. The Labute approximate surface area is 138 Å². The maximum absolute atomic E-state index is 10.6. The van der Waals surface area contributed by atoms with Gasteiger partial charge in [0.1, 0.15) is 0 Å². The standard InChI is InChI=1S/C14H21NS.C2HF3O2/c1-15-13-9-7-12(8-10-13)11-16-14-5-3-2-4-6-14;3-2(4,5)1(6)7/h2-6,12-13,15H,7-11H2,1H3;(H,6,7). The molecule has 23 heavy (non-hydrogen) atoms. The summed E-state index contributed by atoms with van der Waals surface area (Å²) in [7, 11) is 2.09. The number of carboxylic acid groups (broad SMARTS) is 1. The van der Waals surface area contributed by atoms with Crippen LogP contribution in [0.3, 0.4) is 0 Å². The zero-order valence-electron chi connectivity index (χ0n) is 13.0. The van der Waals surface area contributed by atoms with E-state index in [1.807, 2.05) is 11.8 Å². The summed E-state index contributed by atoms with van der Waals surface area (Å²) < 4.78 is 31.7. The van der Waals surface area contributed by atoms with E-state index >= 15 is 0 Å². The highest BCUT2D eigenvalue weighted by Crippen LogP contribution is 2.29. The van der Waals surface area contributed by atoms with Gasteiger partial charge in [-0.15, -0.1) is 11.8 Å². The third-order valence-electron chi connectivity index (χ3n) is 3.73. The molecule has 0 saturated heterocycles. The van der Waals surface area contributed by atoms with Crippen LogP contribution in [0.25, 0.3) is 0 Å². The Bertz CT molecular complexity index is 460. The fourth-order valence-corrected chi connectivity index (χ4v) is 3.46. The van der Waals surface area contributed by atoms with Crippen LogP contribution in [0.15, 0.2) is 35.2 Å². The molecule has 0 unspecified atom stereocenters. The maximum atomic E-state index is 10.6. The molecule has 1 saturated carbocycles. The minimum absolute atomic E-state index is 0.776. The third kappa shape index (κ3) is 8.27. The van der Waals surface area contributed by atoms with Gasteiger partial charge in [0.05, 0.1) is 0 Å². The van der Waals surface area contributed by atoms with Crippen LogP contribution < -0.4 is 5.32 Å². The molecule has 1 aromatic carbocycles. The summed E-state index contributed by atoms with van der Waals surface area (Å²) in [5.74, 6) is -0.539. The topological polar surface area (TPSA) is 49.3 Å². The Morgan fingerprint density at radius 1 is 1.22 bits per heavy atom. The monoisotopic (exact) mass is 349 g/mol. The number of halogens is 3. The summed E-state index contributed by atoms with van der Waals surface area (Å²) in [6.45, 7) is 0. The van der Waals surface area contributed by atoms with Crippen LogP contribution in [0.1, 0.15) is 25.7 Å². The van der Waals surface area contributed by atoms with E-state index in [0.29, 0.717) is 0 Å². The van der Waals surface area contributed by atoms with Crippen molar-refractivity contribution < 1.29 is 23.1 Å². The number of carbonyl (C=O) groups is 1. The highest BCUT2D eigenvalue weighted by molar-refractivity contribution is 7.99. The zero-order chi connectivity index (χ0) is 17.3. The third-order valence-corrected chi connectivity index (χ3v) is 4.97. The Balaban J connectivity index is 0.000000322. The summed E-state index contributed by atoms with van der Waals surface area (Å²) >= 11 is 2.02. The minimum atomic E-state index is -5.08. The van der Waals surface area contributed by atoms with Gasteiger partial charge in [-0.25, -0.2) is 4.79 Å². The second-order valence-corrected chi connectivity index (χ2v) is 6.53. The van der Waals surface area contributed by atoms with Crippen LogP contribution in [0.5, 0.6) is 0 Å². The average molecular weight is 349 g/mol. The molecule has 0 spiro atoms. The molecule has 1 aliphatic carbocycles. The molecule has 0 atom stereocenters. The number of carboxylic acids is 1. The van der Waals surface area contributed by atoms with Gasteiger partial charge in [0.2, 0.25) is 0 Å². The maximum Gasteiger partial charge on any atom is 0.490 e. The molecule has 7 heteroatoms. The van der Waals surface area contributed by atoms with Gasteiger partial charge in [-0.1, -0.05) is 18.2 Å². The van der Waals surface area contributed by atoms with E-state index in [-0.39, 0.29) is 0 Å². The van der Waals surface area contributed by atoms with Crippen LogP contribution in [-0.2, 0) is 4.79 Å². The fourth-order valence-electron chi connectivity index (χ4n) is 2.35. The van der Waals surface area contributed by atoms with E-state index in [2.05, 4.69) is 42.7 Å². The van der Waals surface area contributed by atoms with Crippen molar-refractivity contribution >= 4 is 17.7 Å². The van der Waals surface area contributed by atoms with E-state index in [1.165, 1.54) is 36.3 Å². The van der Waals surface area contributed by atoms with Crippen LogP contribution in [0.2, 0.25) is 0 Å². The Hall–Kier alpha value is -1.21. The van der Waals surface area contributed by atoms with Crippen molar-refractivity contribution in [2.24, 2.45) is 5.92 Å². The smallest absolute Gasteiger partial charge is 0.475 e. The van der Waals surface area contributed by atoms with Crippen molar-refractivity contribution in [2.75, 3.05) is 12.8 Å². The number of hydrogen-bond acceptors (Lipinski definition) is 3. The van der Waals surface area contributed by atoms with E-state index < -0.39 is 12.1 Å². The SMILES string of the molecule is CNC1CCC(CSc2ccccc2)CC1.O=C(O)C(F)(F)F. The summed E-state index contributed by atoms with van der Waals surface area (Å²) in [5.41, 5.74) is 0. The fraction of sp³-hybridized carbons (Fsp3) is 0.562. The molecule has 0 aromatic heterocycles. The molecule has 0 radical (unpaired) electrons. The van der Waals surface area contributed by atoms with Gasteiger partial charge in [0.15, 0.2) is 0 Å². The molecule has 130 valence electrons. The van der Waals surface area contributed by atoms with Crippen molar-refractivity contribution in [3.63, 3.8) is 0 Å². The largest absolute Gasteiger partial charge is 0.490 e. The molecule has 1 aromatic rings. The van der Waals surface area contributed by atoms with Crippen molar-refractivity contribution in [2.45, 2.75) is 42.8 Å². The number of thioether (sulfide) groups is 1. The van der Waals surface area contributed by atoms with E-state index in [9.17, 15) is 13.2 Å². The van der Waals surface area contributed by atoms with Gasteiger partial charge in [0, 0.05) is 16.7 Å². The average Bonchev–Trinajstić information content (AvgIpc) is 2.54. The number of alkyl halides is 3. The highest BCUT2D eigenvalue weighted by Gasteiger charge is 2.38. The molecule has 1 aliphatic rings. The molecular formula is C16H22F3NO2S. The van der Waals surface area contributed by atoms with Gasteiger partial charge >= 0.3 is 12.1 Å². The molecule has 1 fully saturated rings. The predicted octanol–water partition coefficient (Wildman–Crippen LogP) is 4.19. The second kappa shape index (κ2) is 9.82. The summed E-state index contributed by atoms with van der Waals surface area (Å²) in [5, 5.41) is 10.5. The number of rotatable bonds is 4. The number of hydrogen-bond donors (Lipinski definition) is 2. The Morgan fingerprint density at radius 3 is 2.17 bits per heavy atom. The van der Waals surface area contributed by atoms with Crippen LogP contribution in [0, 0.1) is 5.92 Å². The zero-order valence-corrected chi connectivity index (χ0v) is 13.8. The lowest BCUT2D eigenvalue weighted by Crippen LogP contribution is -2.30. The van der Waals surface area contributed by atoms with E-state index in [1.54, 1.807) is 0 Å². The molecule has 0 amide bonds. The lowest BCUT2D eigenvalue weighted by molar-refractivity contribution is -0.192. The Morgan fingerprint density at radius 2 is 1.74 bits per heavy atom. The van der Waals surface area contributed by atoms with Gasteiger partial charge in [-0.2, -0.15) is 13.2 Å². The van der Waals surface area contributed by atoms with Crippen molar-refractivity contribution in [3.05, 3.63) is 30.3 Å². The lowest BCUT2D eigenvalue weighted by atomic mass is 9.87. The first-order valence-corrected chi connectivity index (χ1v) is 8.46. The van der Waals surface area contributed by atoms with Crippen LogP contribution in [-0.4, -0.2) is 36.1 Å². The first-order chi connectivity index (χ1) is 10.8. The normalized spacial score (nSPS) is 21.2. The van der Waals surface area contributed by atoms with E-state index in [4.69, 9.17) is 9.90 Å². The Kier molecular flexibility index (Phi) is 8.47. The van der Waals surface area contributed by atoms with Gasteiger partial charge in [0.25, 0.3) is 0 Å². The minimum Gasteiger partial charge on any atom is -0.475 e. The highest BCUT2D eigenvalue weighted by atomic mass is 32.2. The van der Waals surface area contributed by atoms with Gasteiger partial charge in [-0.05, 0) is 50.8 Å². The van der Waals surface area contributed by atoms with Gasteiger partial charge in [-0.3, -0.25) is 0 Å². The second-order valence-electron chi connectivity index (χ2n) is 5.43.